The Morgan fingerprint density at radius 2 is 1.80 bits per heavy atom. The Morgan fingerprint density at radius 3 is 1.80 bits per heavy atom. The van der Waals surface area contributed by atoms with E-state index in [1.807, 2.05) is 0 Å². The zero-order valence-corrected chi connectivity index (χ0v) is 5.14. The zero-order valence-electron chi connectivity index (χ0n) is 2.68. The van der Waals surface area contributed by atoms with Gasteiger partial charge < -0.3 is 10.2 Å². The third kappa shape index (κ3) is 11.6. The van der Waals surface area contributed by atoms with Crippen LogP contribution < -0.4 is 0 Å². The van der Waals surface area contributed by atoms with Gasteiger partial charge in [-0.05, 0) is 0 Å². The summed E-state index contributed by atoms with van der Waals surface area (Å²) in [5.74, 6) is 0. The van der Waals surface area contributed by atoms with Crippen LogP contribution in [-0.2, 0) is 26.2 Å². The summed E-state index contributed by atoms with van der Waals surface area (Å²) in [5.41, 5.74) is 0. The molecule has 5 heavy (non-hydrogen) atoms. The summed E-state index contributed by atoms with van der Waals surface area (Å²) in [6, 6.07) is 0. The van der Waals surface area contributed by atoms with Crippen LogP contribution in [0.5, 0.6) is 0 Å². The minimum absolute atomic E-state index is 0. The molecule has 0 unspecified atom stereocenters. The molecule has 0 spiro atoms. The molecular weight excluding hydrogens is 147 g/mol. The summed E-state index contributed by atoms with van der Waals surface area (Å²) < 4.78 is 0. The van der Waals surface area contributed by atoms with E-state index in [1.165, 1.54) is 0 Å². The van der Waals surface area contributed by atoms with E-state index in [1.54, 1.807) is 0 Å². The van der Waals surface area contributed by atoms with E-state index in [0.717, 1.165) is 0 Å². The average Bonchev–Trinajstić information content (AvgIpc) is 1.37. The third-order valence-corrected chi connectivity index (χ3v) is 0.0816. The van der Waals surface area contributed by atoms with Crippen LogP contribution in [0.15, 0.2) is 0 Å². The van der Waals surface area contributed by atoms with Gasteiger partial charge in [-0.3, -0.25) is 0 Å². The van der Waals surface area contributed by atoms with Crippen LogP contribution in [0.2, 0.25) is 0 Å². The smallest absolute Gasteiger partial charge is 0 e. The van der Waals surface area contributed by atoms with Crippen molar-refractivity contribution in [2.45, 2.75) is 0 Å². The maximum Gasteiger partial charge on any atom is 0 e. The van der Waals surface area contributed by atoms with E-state index in [9.17, 15) is 0 Å². The van der Waals surface area contributed by atoms with Crippen LogP contribution in [0.3, 0.4) is 0 Å². The van der Waals surface area contributed by atoms with Gasteiger partial charge >= 0.3 is 0 Å². The fourth-order valence-corrected chi connectivity index (χ4v) is 0. The van der Waals surface area contributed by atoms with Gasteiger partial charge in [0.2, 0.25) is 0 Å². The zero-order chi connectivity index (χ0) is 3.41. The summed E-state index contributed by atoms with van der Waals surface area (Å²) in [7, 11) is 0. The van der Waals surface area contributed by atoms with E-state index >= 15 is 0 Å². The van der Waals surface area contributed by atoms with Gasteiger partial charge in [0.1, 0.15) is 0 Å². The Morgan fingerprint density at radius 1 is 1.60 bits per heavy atom. The number of rotatable bonds is 1. The van der Waals surface area contributed by atoms with Crippen molar-refractivity contribution in [2.24, 2.45) is 0 Å². The van der Waals surface area contributed by atoms with Gasteiger partial charge in [-0.15, -0.1) is 0 Å². The monoisotopic (exact) mass is 151 g/mol. The van der Waals surface area contributed by atoms with Crippen molar-refractivity contribution in [1.29, 1.82) is 0 Å². The Labute approximate surface area is 49.9 Å². The largest absolute Gasteiger partial charge is 0.564 e. The molecule has 0 aliphatic heterocycles. The van der Waals surface area contributed by atoms with Crippen LogP contribution >= 0.6 is 0 Å². The second-order valence-corrected chi connectivity index (χ2v) is 0.365. The van der Waals surface area contributed by atoms with Crippen molar-refractivity contribution in [3.05, 3.63) is 6.61 Å². The van der Waals surface area contributed by atoms with Gasteiger partial charge in [-0.1, -0.05) is 6.61 Å². The third-order valence-electron chi connectivity index (χ3n) is 0.0816. The SMILES string of the molecule is O[CH-]CO.[Zr]. The number of hydrogen-bond donors (Lipinski definition) is 2. The molecule has 0 aromatic carbocycles. The molecule has 0 aliphatic carbocycles. The molecular formula is C2H5O2Zr-. The molecule has 2 N–H and O–H groups in total. The number of aliphatic hydroxyl groups is 2. The average molecular weight is 152 g/mol. The molecule has 0 rings (SSSR count). The van der Waals surface area contributed by atoms with Gasteiger partial charge in [0, 0.05) is 26.2 Å². The topological polar surface area (TPSA) is 40.5 Å². The Hall–Kier alpha value is 0.803. The van der Waals surface area contributed by atoms with E-state index in [0.29, 0.717) is 6.61 Å². The summed E-state index contributed by atoms with van der Waals surface area (Å²) >= 11 is 0. The molecule has 0 heterocycles. The van der Waals surface area contributed by atoms with Crippen molar-refractivity contribution in [3.8, 4) is 0 Å². The van der Waals surface area contributed by atoms with Crippen molar-refractivity contribution in [1.82, 2.24) is 0 Å². The van der Waals surface area contributed by atoms with Crippen LogP contribution in [0.1, 0.15) is 0 Å². The quantitative estimate of drug-likeness (QED) is 0.498. The van der Waals surface area contributed by atoms with E-state index in [2.05, 4.69) is 0 Å². The maximum absolute atomic E-state index is 7.57. The number of aliphatic hydroxyl groups excluding tert-OH is 2. The summed E-state index contributed by atoms with van der Waals surface area (Å²) in [6.07, 6.45) is 0. The first-order chi connectivity index (χ1) is 1.91. The van der Waals surface area contributed by atoms with E-state index in [4.69, 9.17) is 10.2 Å². The molecule has 0 aromatic rings. The van der Waals surface area contributed by atoms with Crippen molar-refractivity contribution in [2.75, 3.05) is 6.61 Å². The van der Waals surface area contributed by atoms with Crippen LogP contribution in [0, 0.1) is 6.61 Å². The first-order valence-corrected chi connectivity index (χ1v) is 0.983. The van der Waals surface area contributed by atoms with E-state index < -0.39 is 0 Å². The molecule has 0 fully saturated rings. The van der Waals surface area contributed by atoms with Gasteiger partial charge in [-0.25, -0.2) is 0 Å². The molecule has 0 amide bonds. The van der Waals surface area contributed by atoms with Crippen molar-refractivity contribution in [3.63, 3.8) is 0 Å². The van der Waals surface area contributed by atoms with Crippen LogP contribution in [-0.4, -0.2) is 16.8 Å². The van der Waals surface area contributed by atoms with Crippen molar-refractivity contribution >= 4 is 0 Å². The molecule has 3 heteroatoms. The second kappa shape index (κ2) is 8.84. The fraction of sp³-hybridized carbons (Fsp3) is 0.500. The Bertz CT molecular complexity index is 9.61. The Kier molecular flexibility index (Phi) is 16.4. The normalized spacial score (nSPS) is 6.00. The van der Waals surface area contributed by atoms with Crippen molar-refractivity contribution < 1.29 is 36.4 Å². The maximum atomic E-state index is 7.57. The molecule has 0 saturated heterocycles. The van der Waals surface area contributed by atoms with E-state index in [-0.39, 0.29) is 32.8 Å². The fourth-order valence-electron chi connectivity index (χ4n) is 0. The first kappa shape index (κ1) is 9.26. The standard InChI is InChI=1S/C2H5O2.Zr/c3-1-2-4;/h1,3-4H,2H2;/q-1;. The predicted molar refractivity (Wildman–Crippen MR) is 13.3 cm³/mol. The van der Waals surface area contributed by atoms with Crippen LogP contribution in [0.25, 0.3) is 0 Å². The minimum Gasteiger partial charge on any atom is -0.564 e. The summed E-state index contributed by atoms with van der Waals surface area (Å²) in [6.45, 7) is 0.431. The molecule has 0 saturated carbocycles. The van der Waals surface area contributed by atoms with Gasteiger partial charge in [-0.2, -0.15) is 6.61 Å². The predicted octanol–water partition coefficient (Wildman–Crippen LogP) is -0.490. The first-order valence-electron chi connectivity index (χ1n) is 0.983. The molecule has 0 radical (unpaired) electrons. The molecule has 0 atom stereocenters. The van der Waals surface area contributed by atoms with Gasteiger partial charge in [0.25, 0.3) is 0 Å². The second-order valence-electron chi connectivity index (χ2n) is 0.365. The molecule has 0 aromatic heterocycles. The Balaban J connectivity index is 0. The summed E-state index contributed by atoms with van der Waals surface area (Å²) in [5, 5.41) is 15.1. The molecule has 0 bridgehead atoms. The molecule has 30 valence electrons. The number of hydrogen-bond acceptors (Lipinski definition) is 2. The van der Waals surface area contributed by atoms with Gasteiger partial charge in [0.05, 0.1) is 0 Å². The minimum atomic E-state index is -0.250. The summed E-state index contributed by atoms with van der Waals surface area (Å²) in [4.78, 5) is 0. The molecule has 0 aliphatic rings. The van der Waals surface area contributed by atoms with Crippen LogP contribution in [0.4, 0.5) is 0 Å². The molecule has 2 nitrogen and oxygen atoms in total. The van der Waals surface area contributed by atoms with Gasteiger partial charge in [0.15, 0.2) is 0 Å².